The van der Waals surface area contributed by atoms with Gasteiger partial charge in [0.2, 0.25) is 0 Å². The highest BCUT2D eigenvalue weighted by Crippen LogP contribution is 2.36. The molecule has 1 fully saturated rings. The summed E-state index contributed by atoms with van der Waals surface area (Å²) in [6.07, 6.45) is 5.77. The number of imidazole rings is 1. The number of carbonyl (C=O) groups excluding carboxylic acids is 1. The lowest BCUT2D eigenvalue weighted by Crippen LogP contribution is -2.57. The number of nitrogens with one attached hydrogen (secondary N) is 2. The molecule has 0 atom stereocenters. The highest BCUT2D eigenvalue weighted by molar-refractivity contribution is 7.10. The third-order valence-corrected chi connectivity index (χ3v) is 6.67. The standard InChI is InChI=1S/C23H25FN6OS/c1-4-16-17(5-2)28-20(27-16)8-10-30-13-23(3,14-30)22-29-19(12-32-22)21(31)26-11-18-15(24)7-6-9-25-18/h4-7,9,12H,1-2,8,10-11,13-14H2,3H3,(H,26,31)(H,27,28). The molecule has 166 valence electrons. The van der Waals surface area contributed by atoms with Crippen LogP contribution < -0.4 is 5.32 Å². The summed E-state index contributed by atoms with van der Waals surface area (Å²) in [5.74, 6) is 0.150. The number of thiazole rings is 1. The number of pyridine rings is 1. The Hall–Kier alpha value is -3.17. The van der Waals surface area contributed by atoms with Gasteiger partial charge in [-0.1, -0.05) is 20.1 Å². The summed E-state index contributed by atoms with van der Waals surface area (Å²) in [5.41, 5.74) is 2.18. The summed E-state index contributed by atoms with van der Waals surface area (Å²) >= 11 is 1.48. The van der Waals surface area contributed by atoms with Gasteiger partial charge in [-0.25, -0.2) is 14.4 Å². The number of hydrogen-bond donors (Lipinski definition) is 2. The number of H-pyrrole nitrogens is 1. The number of aromatic amines is 1. The van der Waals surface area contributed by atoms with E-state index in [0.29, 0.717) is 5.69 Å². The summed E-state index contributed by atoms with van der Waals surface area (Å²) in [6.45, 7) is 12.4. The lowest BCUT2D eigenvalue weighted by atomic mass is 9.82. The molecule has 3 aromatic rings. The molecule has 9 heteroatoms. The van der Waals surface area contributed by atoms with Crippen molar-refractivity contribution < 1.29 is 9.18 Å². The molecule has 7 nitrogen and oxygen atoms in total. The topological polar surface area (TPSA) is 86.8 Å². The molecule has 1 aliphatic rings. The van der Waals surface area contributed by atoms with Gasteiger partial charge in [0, 0.05) is 43.0 Å². The van der Waals surface area contributed by atoms with Crippen LogP contribution in [0.25, 0.3) is 12.2 Å². The maximum absolute atomic E-state index is 13.7. The fourth-order valence-electron chi connectivity index (χ4n) is 3.84. The first-order valence-corrected chi connectivity index (χ1v) is 11.2. The third kappa shape index (κ3) is 4.53. The highest BCUT2D eigenvalue weighted by atomic mass is 32.1. The number of hydrogen-bond acceptors (Lipinski definition) is 6. The zero-order valence-electron chi connectivity index (χ0n) is 17.9. The average molecular weight is 453 g/mol. The molecule has 0 bridgehead atoms. The van der Waals surface area contributed by atoms with E-state index in [2.05, 4.69) is 50.2 Å². The van der Waals surface area contributed by atoms with Gasteiger partial charge in [-0.15, -0.1) is 11.3 Å². The molecule has 0 radical (unpaired) electrons. The van der Waals surface area contributed by atoms with Crippen molar-refractivity contribution >= 4 is 29.4 Å². The van der Waals surface area contributed by atoms with Crippen molar-refractivity contribution in [3.05, 3.63) is 76.3 Å². The minimum absolute atomic E-state index is 0.0251. The Bertz CT molecular complexity index is 1120. The van der Waals surface area contributed by atoms with E-state index in [4.69, 9.17) is 0 Å². The number of nitrogens with zero attached hydrogens (tertiary/aromatic N) is 4. The van der Waals surface area contributed by atoms with E-state index in [-0.39, 0.29) is 23.6 Å². The number of aromatic nitrogens is 4. The fourth-order valence-corrected chi connectivity index (χ4v) is 4.79. The Morgan fingerprint density at radius 2 is 2.19 bits per heavy atom. The van der Waals surface area contributed by atoms with E-state index >= 15 is 0 Å². The SMILES string of the molecule is C=Cc1nc(CCN2CC(C)(c3nc(C(=O)NCc4ncccc4F)cs3)C2)[nH]c1C=C. The van der Waals surface area contributed by atoms with Crippen molar-refractivity contribution in [3.63, 3.8) is 0 Å². The Kier molecular flexibility index (Phi) is 6.29. The summed E-state index contributed by atoms with van der Waals surface area (Å²) in [6, 6.07) is 2.84. The van der Waals surface area contributed by atoms with Crippen LogP contribution in [0.3, 0.4) is 0 Å². The molecule has 0 spiro atoms. The smallest absolute Gasteiger partial charge is 0.271 e. The fraction of sp³-hybridized carbons (Fsp3) is 0.304. The van der Waals surface area contributed by atoms with Crippen LogP contribution >= 0.6 is 11.3 Å². The predicted octanol–water partition coefficient (Wildman–Crippen LogP) is 3.43. The first-order valence-electron chi connectivity index (χ1n) is 10.3. The van der Waals surface area contributed by atoms with E-state index in [1.165, 1.54) is 29.7 Å². The maximum Gasteiger partial charge on any atom is 0.271 e. The van der Waals surface area contributed by atoms with Gasteiger partial charge in [-0.3, -0.25) is 9.78 Å². The van der Waals surface area contributed by atoms with Gasteiger partial charge >= 0.3 is 0 Å². The van der Waals surface area contributed by atoms with Crippen molar-refractivity contribution in [1.82, 2.24) is 30.2 Å². The van der Waals surface area contributed by atoms with Crippen LogP contribution in [0.1, 0.15) is 45.3 Å². The van der Waals surface area contributed by atoms with Crippen molar-refractivity contribution in [2.24, 2.45) is 0 Å². The lowest BCUT2D eigenvalue weighted by molar-refractivity contribution is 0.0784. The Morgan fingerprint density at radius 3 is 2.88 bits per heavy atom. The monoisotopic (exact) mass is 452 g/mol. The molecule has 0 aliphatic carbocycles. The summed E-state index contributed by atoms with van der Waals surface area (Å²) in [4.78, 5) is 31.1. The van der Waals surface area contributed by atoms with Gasteiger partial charge in [0.25, 0.3) is 5.91 Å². The number of halogens is 1. The second kappa shape index (κ2) is 9.13. The highest BCUT2D eigenvalue weighted by Gasteiger charge is 2.42. The van der Waals surface area contributed by atoms with E-state index in [0.717, 1.165) is 48.3 Å². The summed E-state index contributed by atoms with van der Waals surface area (Å²) in [7, 11) is 0. The zero-order valence-corrected chi connectivity index (χ0v) is 18.7. The average Bonchev–Trinajstić information content (AvgIpc) is 3.42. The van der Waals surface area contributed by atoms with Gasteiger partial charge in [-0.05, 0) is 24.3 Å². The Balaban J connectivity index is 1.29. The molecule has 0 unspecified atom stereocenters. The van der Waals surface area contributed by atoms with Crippen LogP contribution in [0.4, 0.5) is 4.39 Å². The van der Waals surface area contributed by atoms with Gasteiger partial charge < -0.3 is 15.2 Å². The molecule has 1 amide bonds. The van der Waals surface area contributed by atoms with Gasteiger partial charge in [-0.2, -0.15) is 0 Å². The van der Waals surface area contributed by atoms with Crippen molar-refractivity contribution in [2.75, 3.05) is 19.6 Å². The van der Waals surface area contributed by atoms with Crippen LogP contribution in [0, 0.1) is 5.82 Å². The van der Waals surface area contributed by atoms with Crippen LogP contribution in [-0.2, 0) is 18.4 Å². The first kappa shape index (κ1) is 22.0. The molecule has 2 N–H and O–H groups in total. The van der Waals surface area contributed by atoms with Gasteiger partial charge in [0.05, 0.1) is 23.6 Å². The zero-order chi connectivity index (χ0) is 22.7. The molecule has 0 aromatic carbocycles. The molecule has 1 saturated heterocycles. The molecule has 1 aliphatic heterocycles. The number of rotatable bonds is 9. The second-order valence-electron chi connectivity index (χ2n) is 8.06. The minimum Gasteiger partial charge on any atom is -0.345 e. The quantitative estimate of drug-likeness (QED) is 0.519. The Morgan fingerprint density at radius 1 is 1.38 bits per heavy atom. The van der Waals surface area contributed by atoms with Crippen LogP contribution in [0.2, 0.25) is 0 Å². The Labute approximate surface area is 190 Å². The van der Waals surface area contributed by atoms with E-state index in [9.17, 15) is 9.18 Å². The number of amides is 1. The largest absolute Gasteiger partial charge is 0.345 e. The van der Waals surface area contributed by atoms with Crippen molar-refractivity contribution in [1.29, 1.82) is 0 Å². The molecule has 3 aromatic heterocycles. The minimum atomic E-state index is -0.440. The second-order valence-corrected chi connectivity index (χ2v) is 8.92. The molecule has 4 heterocycles. The van der Waals surface area contributed by atoms with E-state index in [1.807, 2.05) is 0 Å². The maximum atomic E-state index is 13.7. The number of likely N-dealkylation sites (tertiary alicyclic amines) is 1. The molecule has 32 heavy (non-hydrogen) atoms. The molecular formula is C23H25FN6OS. The lowest BCUT2D eigenvalue weighted by Gasteiger charge is -2.46. The van der Waals surface area contributed by atoms with Gasteiger partial charge in [0.15, 0.2) is 0 Å². The van der Waals surface area contributed by atoms with E-state index in [1.54, 1.807) is 17.5 Å². The third-order valence-electron chi connectivity index (χ3n) is 5.52. The molecular weight excluding hydrogens is 427 g/mol. The summed E-state index contributed by atoms with van der Waals surface area (Å²) in [5, 5.41) is 5.38. The van der Waals surface area contributed by atoms with Crippen LogP contribution in [0.15, 0.2) is 36.9 Å². The normalized spacial score (nSPS) is 15.2. The summed E-state index contributed by atoms with van der Waals surface area (Å²) < 4.78 is 13.7. The van der Waals surface area contributed by atoms with E-state index < -0.39 is 5.82 Å². The predicted molar refractivity (Wildman–Crippen MR) is 124 cm³/mol. The van der Waals surface area contributed by atoms with Crippen molar-refractivity contribution in [3.8, 4) is 0 Å². The molecule has 4 rings (SSSR count). The van der Waals surface area contributed by atoms with Gasteiger partial charge in [0.1, 0.15) is 22.3 Å². The first-order chi connectivity index (χ1) is 15.4. The van der Waals surface area contributed by atoms with Crippen molar-refractivity contribution in [2.45, 2.75) is 25.3 Å². The van der Waals surface area contributed by atoms with Crippen LogP contribution in [0.5, 0.6) is 0 Å². The molecule has 0 saturated carbocycles. The number of carbonyl (C=O) groups is 1. The van der Waals surface area contributed by atoms with Crippen LogP contribution in [-0.4, -0.2) is 50.4 Å².